The Bertz CT molecular complexity index is 497. The zero-order chi connectivity index (χ0) is 11.8. The number of nitrogen functional groups attached to an aromatic ring is 1. The average Bonchev–Trinajstić information content (AvgIpc) is 2.38. The molecular formula is C11H12N4O2. The number of fused-ring (bicyclic) bond motifs is 3. The van der Waals surface area contributed by atoms with Crippen LogP contribution in [0, 0.1) is 11.3 Å². The number of anilines is 2. The van der Waals surface area contributed by atoms with Gasteiger partial charge < -0.3 is 20.1 Å². The van der Waals surface area contributed by atoms with Crippen LogP contribution in [0.25, 0.3) is 0 Å². The van der Waals surface area contributed by atoms with Crippen LogP contribution >= 0.6 is 0 Å². The maximum atomic E-state index is 9.09. The lowest BCUT2D eigenvalue weighted by Crippen LogP contribution is -2.51. The number of hydrogen-bond acceptors (Lipinski definition) is 6. The van der Waals surface area contributed by atoms with E-state index in [1.165, 1.54) is 6.20 Å². The van der Waals surface area contributed by atoms with E-state index in [1.807, 2.05) is 0 Å². The highest BCUT2D eigenvalue weighted by Gasteiger charge is 2.33. The summed E-state index contributed by atoms with van der Waals surface area (Å²) in [5.41, 5.74) is 6.45. The van der Waals surface area contributed by atoms with E-state index in [0.717, 1.165) is 6.54 Å². The van der Waals surface area contributed by atoms with Gasteiger partial charge in [-0.25, -0.2) is 4.98 Å². The van der Waals surface area contributed by atoms with Gasteiger partial charge in [0.05, 0.1) is 31.1 Å². The molecule has 3 rings (SSSR count). The SMILES string of the molecule is N#Cc1c(N)cnc2c1OC[C@H]1COCCN21. The molecule has 0 bridgehead atoms. The molecule has 0 amide bonds. The van der Waals surface area contributed by atoms with Gasteiger partial charge in [0, 0.05) is 6.54 Å². The van der Waals surface area contributed by atoms with Crippen LogP contribution in [0.2, 0.25) is 0 Å². The first-order valence-electron chi connectivity index (χ1n) is 5.47. The van der Waals surface area contributed by atoms with E-state index in [0.29, 0.717) is 42.6 Å². The van der Waals surface area contributed by atoms with Crippen molar-refractivity contribution >= 4 is 11.5 Å². The predicted octanol–water partition coefficient (Wildman–Crippen LogP) is 0.133. The van der Waals surface area contributed by atoms with E-state index in [4.69, 9.17) is 20.5 Å². The quantitative estimate of drug-likeness (QED) is 0.684. The lowest BCUT2D eigenvalue weighted by molar-refractivity contribution is 0.0697. The van der Waals surface area contributed by atoms with E-state index in [9.17, 15) is 0 Å². The zero-order valence-electron chi connectivity index (χ0n) is 9.22. The van der Waals surface area contributed by atoms with Crippen LogP contribution in [-0.2, 0) is 4.74 Å². The maximum absolute atomic E-state index is 9.09. The second-order valence-corrected chi connectivity index (χ2v) is 4.09. The van der Waals surface area contributed by atoms with Crippen LogP contribution in [0.15, 0.2) is 6.20 Å². The summed E-state index contributed by atoms with van der Waals surface area (Å²) in [6.07, 6.45) is 1.51. The minimum atomic E-state index is 0.180. The van der Waals surface area contributed by atoms with Crippen molar-refractivity contribution < 1.29 is 9.47 Å². The molecule has 2 N–H and O–H groups in total. The highest BCUT2D eigenvalue weighted by Crippen LogP contribution is 2.37. The van der Waals surface area contributed by atoms with E-state index < -0.39 is 0 Å². The van der Waals surface area contributed by atoms with E-state index >= 15 is 0 Å². The van der Waals surface area contributed by atoms with Gasteiger partial charge in [-0.05, 0) is 0 Å². The average molecular weight is 232 g/mol. The molecule has 3 heterocycles. The van der Waals surface area contributed by atoms with Crippen LogP contribution in [0.4, 0.5) is 11.5 Å². The minimum Gasteiger partial charge on any atom is -0.486 e. The summed E-state index contributed by atoms with van der Waals surface area (Å²) in [5.74, 6) is 1.21. The fourth-order valence-corrected chi connectivity index (χ4v) is 2.20. The number of ether oxygens (including phenoxy) is 2. The van der Waals surface area contributed by atoms with Crippen molar-refractivity contribution in [2.24, 2.45) is 0 Å². The molecular weight excluding hydrogens is 220 g/mol. The van der Waals surface area contributed by atoms with Crippen LogP contribution < -0.4 is 15.4 Å². The number of aromatic nitrogens is 1. The maximum Gasteiger partial charge on any atom is 0.181 e. The topological polar surface area (TPSA) is 84.4 Å². The molecule has 1 aromatic heterocycles. The van der Waals surface area contributed by atoms with E-state index in [2.05, 4.69) is 16.0 Å². The first-order chi connectivity index (χ1) is 8.31. The third-order valence-corrected chi connectivity index (χ3v) is 3.08. The van der Waals surface area contributed by atoms with Crippen molar-refractivity contribution in [1.29, 1.82) is 5.26 Å². The number of hydrogen-bond donors (Lipinski definition) is 1. The Balaban J connectivity index is 2.09. The Hall–Kier alpha value is -2.00. The van der Waals surface area contributed by atoms with Crippen LogP contribution in [0.3, 0.4) is 0 Å². The summed E-state index contributed by atoms with van der Waals surface area (Å²) >= 11 is 0. The van der Waals surface area contributed by atoms with Crippen LogP contribution in [-0.4, -0.2) is 37.4 Å². The minimum absolute atomic E-state index is 0.180. The Labute approximate surface area is 98.5 Å². The highest BCUT2D eigenvalue weighted by atomic mass is 16.5. The Morgan fingerprint density at radius 1 is 1.53 bits per heavy atom. The predicted molar refractivity (Wildman–Crippen MR) is 60.8 cm³/mol. The molecule has 1 atom stereocenters. The van der Waals surface area contributed by atoms with Gasteiger partial charge in [0.2, 0.25) is 0 Å². The number of nitriles is 1. The molecule has 0 unspecified atom stereocenters. The van der Waals surface area contributed by atoms with Crippen molar-refractivity contribution in [3.05, 3.63) is 11.8 Å². The lowest BCUT2D eigenvalue weighted by Gasteiger charge is -2.40. The molecule has 0 radical (unpaired) electrons. The fraction of sp³-hybridized carbons (Fsp3) is 0.455. The van der Waals surface area contributed by atoms with Gasteiger partial charge >= 0.3 is 0 Å². The molecule has 1 aromatic rings. The molecule has 0 spiro atoms. The summed E-state index contributed by atoms with van der Waals surface area (Å²) in [6.45, 7) is 2.58. The molecule has 17 heavy (non-hydrogen) atoms. The molecule has 6 nitrogen and oxygen atoms in total. The van der Waals surface area contributed by atoms with Gasteiger partial charge in [-0.3, -0.25) is 0 Å². The lowest BCUT2D eigenvalue weighted by atomic mass is 10.1. The summed E-state index contributed by atoms with van der Waals surface area (Å²) < 4.78 is 11.0. The molecule has 6 heteroatoms. The van der Waals surface area contributed by atoms with Gasteiger partial charge in [-0.1, -0.05) is 0 Å². The number of morpholine rings is 1. The second-order valence-electron chi connectivity index (χ2n) is 4.09. The molecule has 0 aliphatic carbocycles. The summed E-state index contributed by atoms with van der Waals surface area (Å²) in [6, 6.07) is 2.25. The molecule has 0 aromatic carbocycles. The molecule has 2 aliphatic heterocycles. The second kappa shape index (κ2) is 3.79. The van der Waals surface area contributed by atoms with E-state index in [1.54, 1.807) is 0 Å². The van der Waals surface area contributed by atoms with Gasteiger partial charge in [-0.15, -0.1) is 0 Å². The first-order valence-corrected chi connectivity index (χ1v) is 5.47. The standard InChI is InChI=1S/C11H12N4O2/c12-3-8-9(13)4-14-11-10(8)17-6-7-5-16-2-1-15(7)11/h4,7H,1-2,5-6,13H2/t7-/m1/s1. The fourth-order valence-electron chi connectivity index (χ4n) is 2.20. The third kappa shape index (κ3) is 1.47. The number of rotatable bonds is 0. The van der Waals surface area contributed by atoms with Crippen molar-refractivity contribution in [3.8, 4) is 11.8 Å². The van der Waals surface area contributed by atoms with Gasteiger partial charge in [0.1, 0.15) is 18.2 Å². The zero-order valence-corrected chi connectivity index (χ0v) is 9.22. The third-order valence-electron chi connectivity index (χ3n) is 3.08. The molecule has 1 saturated heterocycles. The normalized spacial score (nSPS) is 22.1. The smallest absolute Gasteiger partial charge is 0.181 e. The highest BCUT2D eigenvalue weighted by molar-refractivity contribution is 5.70. The molecule has 2 aliphatic rings. The Kier molecular flexibility index (Phi) is 2.27. The van der Waals surface area contributed by atoms with Gasteiger partial charge in [0.15, 0.2) is 11.6 Å². The van der Waals surface area contributed by atoms with Crippen molar-refractivity contribution in [2.75, 3.05) is 37.0 Å². The first kappa shape index (κ1) is 10.2. The van der Waals surface area contributed by atoms with Crippen LogP contribution in [0.1, 0.15) is 5.56 Å². The molecule has 88 valence electrons. The number of nitrogens with zero attached hydrogens (tertiary/aromatic N) is 3. The van der Waals surface area contributed by atoms with Gasteiger partial charge in [-0.2, -0.15) is 5.26 Å². The summed E-state index contributed by atoms with van der Waals surface area (Å²) in [7, 11) is 0. The summed E-state index contributed by atoms with van der Waals surface area (Å²) in [5, 5.41) is 9.09. The number of pyridine rings is 1. The Morgan fingerprint density at radius 3 is 3.24 bits per heavy atom. The molecule has 1 fully saturated rings. The van der Waals surface area contributed by atoms with Crippen molar-refractivity contribution in [2.45, 2.75) is 6.04 Å². The van der Waals surface area contributed by atoms with Crippen molar-refractivity contribution in [3.63, 3.8) is 0 Å². The Morgan fingerprint density at radius 2 is 2.41 bits per heavy atom. The van der Waals surface area contributed by atoms with E-state index in [-0.39, 0.29) is 6.04 Å². The van der Waals surface area contributed by atoms with Crippen molar-refractivity contribution in [1.82, 2.24) is 4.98 Å². The largest absolute Gasteiger partial charge is 0.486 e. The van der Waals surface area contributed by atoms with Gasteiger partial charge in [0.25, 0.3) is 0 Å². The summed E-state index contributed by atoms with van der Waals surface area (Å²) in [4.78, 5) is 6.41. The monoisotopic (exact) mass is 232 g/mol. The molecule has 0 saturated carbocycles. The van der Waals surface area contributed by atoms with Crippen LogP contribution in [0.5, 0.6) is 5.75 Å². The number of nitrogens with two attached hydrogens (primary N) is 1.